The average Bonchev–Trinajstić information content (AvgIpc) is 2.69. The second-order valence-electron chi connectivity index (χ2n) is 6.32. The molecule has 0 aliphatic rings. The summed E-state index contributed by atoms with van der Waals surface area (Å²) in [6.07, 6.45) is -1.58. The SMILES string of the molecule is C[C@H](NC(=O)[C@H](Cc1ccc(O)cc1)N(OCc1ccccc1)C(=O)O)C(=O)O. The summed E-state index contributed by atoms with van der Waals surface area (Å²) in [6.45, 7) is 1.18. The highest BCUT2D eigenvalue weighted by molar-refractivity contribution is 5.88. The minimum absolute atomic E-state index is 0.0182. The average molecular weight is 402 g/mol. The van der Waals surface area contributed by atoms with E-state index in [1.165, 1.54) is 31.2 Å². The zero-order valence-electron chi connectivity index (χ0n) is 15.7. The van der Waals surface area contributed by atoms with Crippen LogP contribution in [0.25, 0.3) is 0 Å². The van der Waals surface area contributed by atoms with Gasteiger partial charge in [0.05, 0.1) is 0 Å². The van der Waals surface area contributed by atoms with Gasteiger partial charge in [0.2, 0.25) is 5.91 Å². The fourth-order valence-corrected chi connectivity index (χ4v) is 2.51. The minimum Gasteiger partial charge on any atom is -0.508 e. The van der Waals surface area contributed by atoms with Crippen molar-refractivity contribution >= 4 is 18.0 Å². The smallest absolute Gasteiger partial charge is 0.432 e. The highest BCUT2D eigenvalue weighted by Crippen LogP contribution is 2.16. The molecule has 2 aromatic carbocycles. The lowest BCUT2D eigenvalue weighted by Gasteiger charge is -2.28. The highest BCUT2D eigenvalue weighted by Gasteiger charge is 2.33. The molecule has 2 atom stereocenters. The molecule has 154 valence electrons. The van der Waals surface area contributed by atoms with Crippen molar-refractivity contribution in [2.45, 2.75) is 32.0 Å². The van der Waals surface area contributed by atoms with Gasteiger partial charge in [0.15, 0.2) is 0 Å². The third-order valence-electron chi connectivity index (χ3n) is 4.08. The minimum atomic E-state index is -1.50. The molecule has 0 saturated heterocycles. The van der Waals surface area contributed by atoms with Crippen molar-refractivity contribution in [3.05, 3.63) is 65.7 Å². The van der Waals surface area contributed by atoms with Crippen LogP contribution in [-0.4, -0.2) is 50.4 Å². The van der Waals surface area contributed by atoms with Crippen LogP contribution in [0.1, 0.15) is 18.1 Å². The van der Waals surface area contributed by atoms with Crippen LogP contribution in [0.15, 0.2) is 54.6 Å². The molecule has 29 heavy (non-hydrogen) atoms. The van der Waals surface area contributed by atoms with Crippen molar-refractivity contribution in [2.75, 3.05) is 0 Å². The lowest BCUT2D eigenvalue weighted by atomic mass is 10.0. The molecule has 0 heterocycles. The summed E-state index contributed by atoms with van der Waals surface area (Å²) >= 11 is 0. The molecule has 2 amide bonds. The molecule has 0 radical (unpaired) electrons. The Kier molecular flexibility index (Phi) is 7.55. The van der Waals surface area contributed by atoms with Gasteiger partial charge in [-0.05, 0) is 30.2 Å². The van der Waals surface area contributed by atoms with E-state index in [0.717, 1.165) is 0 Å². The molecule has 2 aromatic rings. The predicted octanol–water partition coefficient (Wildman–Crippen LogP) is 2.00. The van der Waals surface area contributed by atoms with Crippen molar-refractivity contribution < 1.29 is 34.5 Å². The van der Waals surface area contributed by atoms with Crippen LogP contribution >= 0.6 is 0 Å². The number of phenolic OH excluding ortho intramolecular Hbond substituents is 1. The maximum Gasteiger partial charge on any atom is 0.432 e. The lowest BCUT2D eigenvalue weighted by molar-refractivity contribution is -0.176. The van der Waals surface area contributed by atoms with Crippen molar-refractivity contribution in [1.29, 1.82) is 0 Å². The van der Waals surface area contributed by atoms with Gasteiger partial charge in [-0.3, -0.25) is 14.4 Å². The largest absolute Gasteiger partial charge is 0.508 e. The van der Waals surface area contributed by atoms with Crippen molar-refractivity contribution in [3.63, 3.8) is 0 Å². The van der Waals surface area contributed by atoms with E-state index in [2.05, 4.69) is 5.32 Å². The maximum atomic E-state index is 12.7. The van der Waals surface area contributed by atoms with Crippen LogP contribution in [0.2, 0.25) is 0 Å². The topological polar surface area (TPSA) is 136 Å². The summed E-state index contributed by atoms with van der Waals surface area (Å²) in [5.74, 6) is -2.05. The van der Waals surface area contributed by atoms with Gasteiger partial charge in [-0.1, -0.05) is 42.5 Å². The maximum absolute atomic E-state index is 12.7. The Hall–Kier alpha value is -3.59. The van der Waals surface area contributed by atoms with Crippen molar-refractivity contribution in [3.8, 4) is 5.75 Å². The summed E-state index contributed by atoms with van der Waals surface area (Å²) in [4.78, 5) is 40.9. The summed E-state index contributed by atoms with van der Waals surface area (Å²) in [6, 6.07) is 12.1. The molecule has 0 spiro atoms. The van der Waals surface area contributed by atoms with Gasteiger partial charge in [0, 0.05) is 6.42 Å². The number of carboxylic acid groups (broad SMARTS) is 2. The molecule has 0 unspecified atom stereocenters. The van der Waals surface area contributed by atoms with Crippen LogP contribution in [-0.2, 0) is 27.5 Å². The number of nitrogens with zero attached hydrogens (tertiary/aromatic N) is 1. The Bertz CT molecular complexity index is 840. The molecule has 0 saturated carbocycles. The second-order valence-corrected chi connectivity index (χ2v) is 6.32. The Morgan fingerprint density at radius 1 is 1.00 bits per heavy atom. The number of nitrogens with one attached hydrogen (secondary N) is 1. The van der Waals surface area contributed by atoms with Gasteiger partial charge in [-0.2, -0.15) is 5.06 Å². The molecule has 2 rings (SSSR count). The number of carboxylic acids is 1. The van der Waals surface area contributed by atoms with E-state index in [-0.39, 0.29) is 18.8 Å². The lowest BCUT2D eigenvalue weighted by Crippen LogP contribution is -2.53. The van der Waals surface area contributed by atoms with E-state index in [9.17, 15) is 24.6 Å². The summed E-state index contributed by atoms with van der Waals surface area (Å²) in [7, 11) is 0. The summed E-state index contributed by atoms with van der Waals surface area (Å²) < 4.78 is 0. The molecule has 9 heteroatoms. The van der Waals surface area contributed by atoms with Gasteiger partial charge in [-0.25, -0.2) is 4.79 Å². The first kappa shape index (κ1) is 21.7. The molecular weight excluding hydrogens is 380 g/mol. The van der Waals surface area contributed by atoms with Gasteiger partial charge < -0.3 is 20.6 Å². The molecule has 9 nitrogen and oxygen atoms in total. The Morgan fingerprint density at radius 2 is 1.62 bits per heavy atom. The van der Waals surface area contributed by atoms with E-state index in [1.807, 2.05) is 0 Å². The quantitative estimate of drug-likeness (QED) is 0.471. The number of aromatic hydroxyl groups is 1. The van der Waals surface area contributed by atoms with Gasteiger partial charge in [-0.15, -0.1) is 0 Å². The van der Waals surface area contributed by atoms with Gasteiger partial charge in [0.25, 0.3) is 0 Å². The van der Waals surface area contributed by atoms with Crippen LogP contribution in [0.4, 0.5) is 4.79 Å². The molecule has 0 aliphatic heterocycles. The monoisotopic (exact) mass is 402 g/mol. The van der Waals surface area contributed by atoms with Crippen LogP contribution in [0.5, 0.6) is 5.75 Å². The number of phenols is 1. The third-order valence-corrected chi connectivity index (χ3v) is 4.08. The second kappa shape index (κ2) is 10.1. The number of carbonyl (C=O) groups excluding carboxylic acids is 1. The van der Waals surface area contributed by atoms with E-state index in [4.69, 9.17) is 9.94 Å². The fourth-order valence-electron chi connectivity index (χ4n) is 2.51. The van der Waals surface area contributed by atoms with Gasteiger partial charge >= 0.3 is 12.1 Å². The van der Waals surface area contributed by atoms with Crippen LogP contribution in [0, 0.1) is 0 Å². The number of aliphatic carboxylic acids is 1. The number of carbonyl (C=O) groups is 3. The predicted molar refractivity (Wildman–Crippen MR) is 102 cm³/mol. The van der Waals surface area contributed by atoms with Gasteiger partial charge in [0.1, 0.15) is 24.4 Å². The number of hydrogen-bond donors (Lipinski definition) is 4. The normalized spacial score (nSPS) is 12.6. The van der Waals surface area contributed by atoms with E-state index in [0.29, 0.717) is 16.2 Å². The first-order valence-electron chi connectivity index (χ1n) is 8.78. The Morgan fingerprint density at radius 3 is 2.17 bits per heavy atom. The summed E-state index contributed by atoms with van der Waals surface area (Å²) in [5.41, 5.74) is 1.25. The molecular formula is C20H22N2O7. The van der Waals surface area contributed by atoms with Crippen molar-refractivity contribution in [2.24, 2.45) is 0 Å². The van der Waals surface area contributed by atoms with Crippen molar-refractivity contribution in [1.82, 2.24) is 10.4 Å². The third kappa shape index (κ3) is 6.51. The number of hydrogen-bond acceptors (Lipinski definition) is 5. The first-order chi connectivity index (χ1) is 13.8. The highest BCUT2D eigenvalue weighted by atomic mass is 16.7. The molecule has 0 bridgehead atoms. The standard InChI is InChI=1S/C20H22N2O7/c1-13(19(25)26)21-18(24)17(11-14-7-9-16(23)10-8-14)22(20(27)28)29-12-15-5-3-2-4-6-15/h2-10,13,17,23H,11-12H2,1H3,(H,21,24)(H,25,26)(H,27,28)/t13-,17-/m0/s1. The zero-order valence-corrected chi connectivity index (χ0v) is 15.7. The molecule has 4 N–H and O–H groups in total. The number of benzene rings is 2. The van der Waals surface area contributed by atoms with E-state index < -0.39 is 30.1 Å². The Labute approximate surface area is 167 Å². The number of hydroxylamine groups is 2. The van der Waals surface area contributed by atoms with Crippen LogP contribution in [0.3, 0.4) is 0 Å². The fraction of sp³-hybridized carbons (Fsp3) is 0.250. The van der Waals surface area contributed by atoms with Crippen LogP contribution < -0.4 is 5.32 Å². The van der Waals surface area contributed by atoms with E-state index >= 15 is 0 Å². The number of amides is 2. The molecule has 0 aliphatic carbocycles. The molecule has 0 aromatic heterocycles. The molecule has 0 fully saturated rings. The van der Waals surface area contributed by atoms with E-state index in [1.54, 1.807) is 30.3 Å². The first-order valence-corrected chi connectivity index (χ1v) is 8.78. The summed E-state index contributed by atoms with van der Waals surface area (Å²) in [5, 5.41) is 30.8. The number of rotatable bonds is 9. The Balaban J connectivity index is 2.25. The zero-order chi connectivity index (χ0) is 21.4.